The number of allylic oxidation sites excluding steroid dienone is 10. The predicted octanol–water partition coefficient (Wildman–Crippen LogP) is 10.4. The highest BCUT2D eigenvalue weighted by molar-refractivity contribution is 7.45. The molecule has 0 aromatic heterocycles. The Bertz CT molecular complexity index is 984. The van der Waals surface area contributed by atoms with E-state index in [2.05, 4.69) is 74.6 Å². The van der Waals surface area contributed by atoms with Crippen LogP contribution in [0.15, 0.2) is 60.8 Å². The lowest BCUT2D eigenvalue weighted by molar-refractivity contribution is -0.870. The number of rotatable bonds is 35. The van der Waals surface area contributed by atoms with Crippen LogP contribution in [0.3, 0.4) is 0 Å². The molecule has 0 spiro atoms. The van der Waals surface area contributed by atoms with Crippen LogP contribution in [0.4, 0.5) is 0 Å². The first-order chi connectivity index (χ1) is 24.1. The molecule has 0 aromatic rings. The molecule has 0 rings (SSSR count). The van der Waals surface area contributed by atoms with E-state index in [9.17, 15) is 14.3 Å². The molecule has 2 unspecified atom stereocenters. The average Bonchev–Trinajstić information content (AvgIpc) is 3.06. The van der Waals surface area contributed by atoms with Gasteiger partial charge in [-0.1, -0.05) is 120 Å². The molecule has 290 valence electrons. The largest absolute Gasteiger partial charge is 0.756 e. The molecule has 0 saturated heterocycles. The molecule has 0 heterocycles. The number of unbranched alkanes of at least 4 members (excludes halogenated alkanes) is 11. The lowest BCUT2D eigenvalue weighted by atomic mass is 10.1. The van der Waals surface area contributed by atoms with E-state index >= 15 is 0 Å². The molecule has 0 amide bonds. The van der Waals surface area contributed by atoms with E-state index in [0.29, 0.717) is 24.1 Å². The zero-order valence-corrected chi connectivity index (χ0v) is 33.5. The molecule has 50 heavy (non-hydrogen) atoms. The predicted molar refractivity (Wildman–Crippen MR) is 208 cm³/mol. The summed E-state index contributed by atoms with van der Waals surface area (Å²) in [6.07, 6.45) is 40.9. The van der Waals surface area contributed by atoms with Crippen LogP contribution in [0.5, 0.6) is 0 Å². The number of hydrogen-bond acceptors (Lipinski definition) is 7. The fraction of sp³-hybridized carbons (Fsp3) is 0.732. The Morgan fingerprint density at radius 1 is 0.640 bits per heavy atom. The summed E-state index contributed by atoms with van der Waals surface area (Å²) >= 11 is 0. The van der Waals surface area contributed by atoms with Gasteiger partial charge in [0.1, 0.15) is 19.3 Å². The highest BCUT2D eigenvalue weighted by atomic mass is 31.2. The Morgan fingerprint density at radius 3 is 1.76 bits per heavy atom. The number of hydrogen-bond donors (Lipinski definition) is 0. The number of quaternary nitrogens is 1. The fourth-order valence-electron chi connectivity index (χ4n) is 4.77. The van der Waals surface area contributed by atoms with Gasteiger partial charge in [0, 0.05) is 13.0 Å². The maximum atomic E-state index is 12.6. The van der Waals surface area contributed by atoms with Crippen molar-refractivity contribution in [3.8, 4) is 0 Å². The molecule has 0 radical (unpaired) electrons. The normalized spacial score (nSPS) is 14.6. The SMILES string of the molecule is CC/C=C\C/C=C\C/C=C\C/C=C\CCCCCCCOCC(COP(=O)([O-])OCC[N+](C)(C)C)OC(=O)CCCCCCC/C=C\CCC. The lowest BCUT2D eigenvalue weighted by Crippen LogP contribution is -2.37. The van der Waals surface area contributed by atoms with Gasteiger partial charge in [-0.05, 0) is 70.6 Å². The Kier molecular flexibility index (Phi) is 33.1. The van der Waals surface area contributed by atoms with E-state index in [1.165, 1.54) is 25.7 Å². The van der Waals surface area contributed by atoms with Gasteiger partial charge in [0.25, 0.3) is 7.82 Å². The maximum absolute atomic E-state index is 12.6. The van der Waals surface area contributed by atoms with Crippen molar-refractivity contribution in [1.82, 2.24) is 0 Å². The van der Waals surface area contributed by atoms with Gasteiger partial charge in [-0.15, -0.1) is 0 Å². The van der Waals surface area contributed by atoms with Gasteiger partial charge in [0.15, 0.2) is 0 Å². The number of nitrogens with zero attached hydrogens (tertiary/aromatic N) is 1. The molecule has 9 heteroatoms. The van der Waals surface area contributed by atoms with Gasteiger partial charge in [-0.3, -0.25) is 9.36 Å². The van der Waals surface area contributed by atoms with Crippen LogP contribution >= 0.6 is 7.82 Å². The molecule has 0 fully saturated rings. The highest BCUT2D eigenvalue weighted by Gasteiger charge is 2.20. The van der Waals surface area contributed by atoms with E-state index in [0.717, 1.165) is 89.9 Å². The second-order valence-corrected chi connectivity index (χ2v) is 15.3. The Labute approximate surface area is 307 Å². The average molecular weight is 724 g/mol. The third-order valence-electron chi connectivity index (χ3n) is 7.78. The van der Waals surface area contributed by atoms with Crippen molar-refractivity contribution < 1.29 is 37.3 Å². The summed E-state index contributed by atoms with van der Waals surface area (Å²) in [5, 5.41) is 0. The van der Waals surface area contributed by atoms with Crippen molar-refractivity contribution in [3.05, 3.63) is 60.8 Å². The third kappa shape index (κ3) is 37.5. The molecule has 0 aromatic carbocycles. The molecular formula is C41H74NO7P. The summed E-state index contributed by atoms with van der Waals surface area (Å²) in [7, 11) is 1.32. The van der Waals surface area contributed by atoms with Crippen molar-refractivity contribution in [2.75, 3.05) is 54.1 Å². The van der Waals surface area contributed by atoms with Crippen LogP contribution in [-0.4, -0.2) is 70.7 Å². The van der Waals surface area contributed by atoms with Crippen LogP contribution in [0, 0.1) is 0 Å². The van der Waals surface area contributed by atoms with E-state index in [4.69, 9.17) is 18.5 Å². The summed E-state index contributed by atoms with van der Waals surface area (Å²) in [5.74, 6) is -0.357. The van der Waals surface area contributed by atoms with Crippen LogP contribution in [0.2, 0.25) is 0 Å². The summed E-state index contributed by atoms with van der Waals surface area (Å²) in [6.45, 7) is 5.15. The molecule has 0 bridgehead atoms. The highest BCUT2D eigenvalue weighted by Crippen LogP contribution is 2.38. The van der Waals surface area contributed by atoms with Crippen molar-refractivity contribution in [1.29, 1.82) is 0 Å². The molecule has 0 aliphatic heterocycles. The van der Waals surface area contributed by atoms with E-state index in [1.807, 2.05) is 21.1 Å². The van der Waals surface area contributed by atoms with E-state index < -0.39 is 13.9 Å². The van der Waals surface area contributed by atoms with Crippen molar-refractivity contribution in [2.24, 2.45) is 0 Å². The smallest absolute Gasteiger partial charge is 0.306 e. The van der Waals surface area contributed by atoms with Gasteiger partial charge >= 0.3 is 5.97 Å². The topological polar surface area (TPSA) is 94.1 Å². The maximum Gasteiger partial charge on any atom is 0.306 e. The van der Waals surface area contributed by atoms with Crippen LogP contribution in [0.1, 0.15) is 136 Å². The summed E-state index contributed by atoms with van der Waals surface area (Å²) < 4.78 is 34.4. The number of likely N-dealkylation sites (N-methyl/N-ethyl adjacent to an activating group) is 1. The molecule has 2 atom stereocenters. The van der Waals surface area contributed by atoms with Gasteiger partial charge < -0.3 is 27.9 Å². The number of phosphoric ester groups is 1. The quantitative estimate of drug-likeness (QED) is 0.0211. The number of carbonyl (C=O) groups excluding carboxylic acids is 1. The van der Waals surface area contributed by atoms with Gasteiger partial charge in [-0.2, -0.15) is 0 Å². The monoisotopic (exact) mass is 724 g/mol. The van der Waals surface area contributed by atoms with Gasteiger partial charge in [-0.25, -0.2) is 0 Å². The summed E-state index contributed by atoms with van der Waals surface area (Å²) in [4.78, 5) is 24.9. The van der Waals surface area contributed by atoms with Gasteiger partial charge in [0.05, 0.1) is 34.4 Å². The fourth-order valence-corrected chi connectivity index (χ4v) is 5.50. The molecule has 0 N–H and O–H groups in total. The lowest BCUT2D eigenvalue weighted by Gasteiger charge is -2.28. The zero-order chi connectivity index (χ0) is 37.0. The third-order valence-corrected chi connectivity index (χ3v) is 8.75. The minimum Gasteiger partial charge on any atom is -0.756 e. The molecule has 8 nitrogen and oxygen atoms in total. The minimum atomic E-state index is -4.53. The first-order valence-electron chi connectivity index (χ1n) is 19.5. The van der Waals surface area contributed by atoms with Crippen molar-refractivity contribution >= 4 is 13.8 Å². The van der Waals surface area contributed by atoms with Crippen LogP contribution in [-0.2, 0) is 27.9 Å². The Balaban J connectivity index is 4.31. The summed E-state index contributed by atoms with van der Waals surface area (Å²) in [5.41, 5.74) is 0. The molecule has 0 aliphatic carbocycles. The number of carbonyl (C=O) groups is 1. The number of phosphoric acid groups is 1. The first-order valence-corrected chi connectivity index (χ1v) is 21.0. The molecule has 0 aliphatic rings. The molecule has 0 saturated carbocycles. The van der Waals surface area contributed by atoms with Gasteiger partial charge in [0.2, 0.25) is 0 Å². The van der Waals surface area contributed by atoms with E-state index in [1.54, 1.807) is 0 Å². The molecular weight excluding hydrogens is 649 g/mol. The standard InChI is InChI=1S/C41H74NO7P/c1-6-8-10-12-14-16-18-19-20-21-22-23-24-25-27-29-31-33-36-46-38-40(39-48-50(44,45)47-37-35-42(3,4)5)49-41(43)34-32-30-28-26-17-15-13-11-9-7-2/h8,10-11,13-14,16,19-20,22-23,40H,6-7,9,12,15,17-18,21,24-39H2,1-5H3/b10-8-,13-11-,16-14-,20-19-,23-22-. The minimum absolute atomic E-state index is 0.0176. The second kappa shape index (κ2) is 34.3. The van der Waals surface area contributed by atoms with Crippen molar-refractivity contribution in [2.45, 2.75) is 142 Å². The Morgan fingerprint density at radius 2 is 1.16 bits per heavy atom. The number of esters is 1. The summed E-state index contributed by atoms with van der Waals surface area (Å²) in [6, 6.07) is 0. The van der Waals surface area contributed by atoms with Crippen LogP contribution < -0.4 is 4.89 Å². The second-order valence-electron chi connectivity index (χ2n) is 13.9. The zero-order valence-electron chi connectivity index (χ0n) is 32.6. The van der Waals surface area contributed by atoms with Crippen molar-refractivity contribution in [3.63, 3.8) is 0 Å². The number of ether oxygens (including phenoxy) is 2. The first kappa shape index (κ1) is 48.2. The van der Waals surface area contributed by atoms with Crippen LogP contribution in [0.25, 0.3) is 0 Å². The van der Waals surface area contributed by atoms with E-state index in [-0.39, 0.29) is 25.8 Å². The Hall–Kier alpha value is -1.80.